The van der Waals surface area contributed by atoms with Gasteiger partial charge in [0.2, 0.25) is 0 Å². The van der Waals surface area contributed by atoms with Crippen molar-refractivity contribution >= 4 is 0 Å². The quantitative estimate of drug-likeness (QED) is 0.389. The maximum atomic E-state index is 6.50. The summed E-state index contributed by atoms with van der Waals surface area (Å²) in [6, 6.07) is 13.1. The van der Waals surface area contributed by atoms with Gasteiger partial charge in [-0.15, -0.1) is 0 Å². The molecule has 0 N–H and O–H groups in total. The van der Waals surface area contributed by atoms with E-state index < -0.39 is 5.79 Å². The minimum Gasteiger partial charge on any atom is -0.456 e. The summed E-state index contributed by atoms with van der Waals surface area (Å²) < 4.78 is 18.6. The molecule has 0 aromatic heterocycles. The summed E-state index contributed by atoms with van der Waals surface area (Å²) >= 11 is 0. The Morgan fingerprint density at radius 1 is 0.641 bits per heavy atom. The molecule has 39 heavy (non-hydrogen) atoms. The number of ether oxygens (including phenoxy) is 3. The highest BCUT2D eigenvalue weighted by molar-refractivity contribution is 5.62. The molecule has 0 radical (unpaired) electrons. The lowest BCUT2D eigenvalue weighted by Crippen LogP contribution is -2.31. The summed E-state index contributed by atoms with van der Waals surface area (Å²) in [6.07, 6.45) is 2.56. The maximum Gasteiger partial charge on any atom is 0.163 e. The minimum atomic E-state index is -0.425. The first-order chi connectivity index (χ1) is 17.7. The van der Waals surface area contributed by atoms with E-state index in [1.165, 1.54) is 22.3 Å². The highest BCUT2D eigenvalue weighted by Crippen LogP contribution is 2.52. The van der Waals surface area contributed by atoms with Crippen LogP contribution in [-0.4, -0.2) is 18.0 Å². The standard InChI is InChI=1S/C21H26O.C15H30O2/c1-13(2)15-9-7-11-17-19(15)22-20-16(14(3)4)10-8-12-18(20)21(17,5)6;1-13(2,3)9-11-12(10-14(4,5)6)17-15(7,8)16-11/h7-14H,1-6H3;11-12H,9-10H2,1-8H3. The molecule has 2 atom stereocenters. The lowest BCUT2D eigenvalue weighted by atomic mass is 9.73. The Bertz CT molecular complexity index is 1040. The third-order valence-electron chi connectivity index (χ3n) is 7.80. The van der Waals surface area contributed by atoms with E-state index in [2.05, 4.69) is 119 Å². The third-order valence-corrected chi connectivity index (χ3v) is 7.80. The van der Waals surface area contributed by atoms with E-state index in [1.807, 2.05) is 13.8 Å². The smallest absolute Gasteiger partial charge is 0.163 e. The van der Waals surface area contributed by atoms with E-state index in [4.69, 9.17) is 14.2 Å². The van der Waals surface area contributed by atoms with Crippen LogP contribution in [-0.2, 0) is 14.9 Å². The molecule has 2 aromatic carbocycles. The Labute approximate surface area is 240 Å². The van der Waals surface area contributed by atoms with Crippen molar-refractivity contribution in [1.82, 2.24) is 0 Å². The van der Waals surface area contributed by atoms with Crippen molar-refractivity contribution in [3.63, 3.8) is 0 Å². The van der Waals surface area contributed by atoms with Gasteiger partial charge < -0.3 is 14.2 Å². The molecule has 0 aliphatic carbocycles. The monoisotopic (exact) mass is 536 g/mol. The zero-order valence-electron chi connectivity index (χ0n) is 27.4. The van der Waals surface area contributed by atoms with Gasteiger partial charge in [0.05, 0.1) is 12.2 Å². The average molecular weight is 537 g/mol. The van der Waals surface area contributed by atoms with E-state index in [1.54, 1.807) is 0 Å². The van der Waals surface area contributed by atoms with Gasteiger partial charge in [0.1, 0.15) is 11.5 Å². The SMILES string of the molecule is CC(C)(C)CC1OC(C)(C)OC1CC(C)(C)C.CC(C)c1cccc2c1Oc1c(C(C)C)cccc1C2(C)C. The summed E-state index contributed by atoms with van der Waals surface area (Å²) in [7, 11) is 0. The first-order valence-corrected chi connectivity index (χ1v) is 15.0. The molecule has 0 spiro atoms. The molecule has 218 valence electrons. The molecule has 0 saturated carbocycles. The third kappa shape index (κ3) is 7.67. The first-order valence-electron chi connectivity index (χ1n) is 15.0. The van der Waals surface area contributed by atoms with Crippen LogP contribution < -0.4 is 4.74 Å². The Hall–Kier alpha value is -1.84. The van der Waals surface area contributed by atoms with Crippen molar-refractivity contribution < 1.29 is 14.2 Å². The fourth-order valence-corrected chi connectivity index (χ4v) is 5.94. The maximum absolute atomic E-state index is 6.50. The predicted molar refractivity (Wildman–Crippen MR) is 165 cm³/mol. The number of hydrogen-bond donors (Lipinski definition) is 0. The Morgan fingerprint density at radius 2 is 1.00 bits per heavy atom. The van der Waals surface area contributed by atoms with Crippen molar-refractivity contribution in [2.75, 3.05) is 0 Å². The van der Waals surface area contributed by atoms with Crippen LogP contribution in [0.25, 0.3) is 0 Å². The lowest BCUT2D eigenvalue weighted by molar-refractivity contribution is -0.150. The number of fused-ring (bicyclic) bond motifs is 2. The van der Waals surface area contributed by atoms with Gasteiger partial charge in [-0.05, 0) is 60.5 Å². The van der Waals surface area contributed by atoms with Crippen LogP contribution in [0.5, 0.6) is 11.5 Å². The van der Waals surface area contributed by atoms with E-state index in [-0.39, 0.29) is 28.5 Å². The van der Waals surface area contributed by atoms with Crippen LogP contribution in [0.4, 0.5) is 0 Å². The molecular formula is C36H56O3. The zero-order chi connectivity index (χ0) is 29.6. The molecule has 2 aliphatic heterocycles. The minimum absolute atomic E-state index is 0.0291. The van der Waals surface area contributed by atoms with E-state index >= 15 is 0 Å². The molecule has 2 unspecified atom stereocenters. The highest BCUT2D eigenvalue weighted by atomic mass is 16.7. The second kappa shape index (κ2) is 11.2. The summed E-state index contributed by atoms with van der Waals surface area (Å²) in [5, 5.41) is 0. The van der Waals surface area contributed by atoms with E-state index in [9.17, 15) is 0 Å². The topological polar surface area (TPSA) is 27.7 Å². The second-order valence-electron chi connectivity index (χ2n) is 15.7. The summed E-state index contributed by atoms with van der Waals surface area (Å²) in [5.74, 6) is 2.63. The van der Waals surface area contributed by atoms with Gasteiger partial charge in [-0.3, -0.25) is 0 Å². The molecular weight excluding hydrogens is 480 g/mol. The van der Waals surface area contributed by atoms with E-state index in [0.717, 1.165) is 24.3 Å². The summed E-state index contributed by atoms with van der Waals surface area (Å²) in [4.78, 5) is 0. The number of para-hydroxylation sites is 2. The van der Waals surface area contributed by atoms with E-state index in [0.29, 0.717) is 11.8 Å². The van der Waals surface area contributed by atoms with Crippen LogP contribution in [0.15, 0.2) is 36.4 Å². The zero-order valence-corrected chi connectivity index (χ0v) is 27.4. The van der Waals surface area contributed by atoms with Crippen molar-refractivity contribution in [1.29, 1.82) is 0 Å². The van der Waals surface area contributed by atoms with Crippen LogP contribution in [0, 0.1) is 10.8 Å². The van der Waals surface area contributed by atoms with Gasteiger partial charge in [0.15, 0.2) is 5.79 Å². The molecule has 2 heterocycles. The fourth-order valence-electron chi connectivity index (χ4n) is 5.94. The lowest BCUT2D eigenvalue weighted by Gasteiger charge is -2.37. The summed E-state index contributed by atoms with van der Waals surface area (Å²) in [5.41, 5.74) is 5.73. The molecule has 1 saturated heterocycles. The first kappa shape index (κ1) is 31.7. The second-order valence-corrected chi connectivity index (χ2v) is 15.7. The molecule has 0 amide bonds. The number of rotatable bonds is 4. The van der Waals surface area contributed by atoms with Crippen molar-refractivity contribution in [3.05, 3.63) is 58.7 Å². The summed E-state index contributed by atoms with van der Waals surface area (Å²) in [6.45, 7) is 31.1. The van der Waals surface area contributed by atoms with Gasteiger partial charge >= 0.3 is 0 Å². The van der Waals surface area contributed by atoms with Gasteiger partial charge in [-0.25, -0.2) is 0 Å². The van der Waals surface area contributed by atoms with Gasteiger partial charge in [0.25, 0.3) is 0 Å². The van der Waals surface area contributed by atoms with Gasteiger partial charge in [0, 0.05) is 16.5 Å². The molecule has 1 fully saturated rings. The van der Waals surface area contributed by atoms with Crippen LogP contribution in [0.1, 0.15) is 144 Å². The highest BCUT2D eigenvalue weighted by Gasteiger charge is 2.44. The van der Waals surface area contributed by atoms with Gasteiger partial charge in [-0.1, -0.05) is 119 Å². The Morgan fingerprint density at radius 3 is 1.31 bits per heavy atom. The number of benzene rings is 2. The van der Waals surface area contributed by atoms with Crippen molar-refractivity contribution in [2.24, 2.45) is 10.8 Å². The Balaban J connectivity index is 0.000000224. The molecule has 3 heteroatoms. The molecule has 2 aromatic rings. The van der Waals surface area contributed by atoms with Gasteiger partial charge in [-0.2, -0.15) is 0 Å². The average Bonchev–Trinajstić information content (AvgIpc) is 3.02. The fraction of sp³-hybridized carbons (Fsp3) is 0.667. The molecule has 2 aliphatic rings. The van der Waals surface area contributed by atoms with Crippen LogP contribution in [0.2, 0.25) is 0 Å². The molecule has 4 rings (SSSR count). The Kier molecular flexibility index (Phi) is 9.10. The normalized spacial score (nSPS) is 21.6. The van der Waals surface area contributed by atoms with Crippen molar-refractivity contribution in [3.8, 4) is 11.5 Å². The molecule has 0 bridgehead atoms. The number of hydrogen-bond acceptors (Lipinski definition) is 3. The van der Waals surface area contributed by atoms with Crippen molar-refractivity contribution in [2.45, 2.75) is 145 Å². The largest absolute Gasteiger partial charge is 0.456 e. The van der Waals surface area contributed by atoms with Crippen LogP contribution in [0.3, 0.4) is 0 Å². The molecule has 3 nitrogen and oxygen atoms in total. The predicted octanol–water partition coefficient (Wildman–Crippen LogP) is 10.7. The van der Waals surface area contributed by atoms with Crippen LogP contribution >= 0.6 is 0 Å².